The van der Waals surface area contributed by atoms with Crippen molar-refractivity contribution in [3.05, 3.63) is 46.3 Å². The van der Waals surface area contributed by atoms with E-state index in [1.54, 1.807) is 33.4 Å². The van der Waals surface area contributed by atoms with Gasteiger partial charge in [0.15, 0.2) is 17.7 Å². The average molecular weight is 371 g/mol. The van der Waals surface area contributed by atoms with E-state index >= 15 is 0 Å². The second-order valence-corrected chi connectivity index (χ2v) is 6.93. The minimum Gasteiger partial charge on any atom is -0.458 e. The molecular formula is C20H21NO6. The fourth-order valence-electron chi connectivity index (χ4n) is 4.23. The molecule has 7 heteroatoms. The molecule has 7 nitrogen and oxygen atoms in total. The van der Waals surface area contributed by atoms with Crippen molar-refractivity contribution in [2.24, 2.45) is 5.92 Å². The quantitative estimate of drug-likeness (QED) is 0.633. The van der Waals surface area contributed by atoms with Crippen LogP contribution in [-0.2, 0) is 30.2 Å². The number of rotatable bonds is 4. The molecule has 27 heavy (non-hydrogen) atoms. The van der Waals surface area contributed by atoms with Crippen LogP contribution in [0.1, 0.15) is 36.5 Å². The van der Waals surface area contributed by atoms with Crippen LogP contribution in [0.15, 0.2) is 29.5 Å². The predicted octanol–water partition coefficient (Wildman–Crippen LogP) is 1.51. The van der Waals surface area contributed by atoms with Crippen molar-refractivity contribution in [1.82, 2.24) is 4.98 Å². The summed E-state index contributed by atoms with van der Waals surface area (Å²) in [6.45, 7) is 1.58. The van der Waals surface area contributed by atoms with E-state index in [0.717, 1.165) is 16.7 Å². The number of nitrogens with zero attached hydrogens (tertiary/aromatic N) is 1. The molecule has 0 saturated heterocycles. The molecule has 1 aromatic heterocycles. The normalized spacial score (nSPS) is 26.6. The van der Waals surface area contributed by atoms with Crippen molar-refractivity contribution in [2.45, 2.75) is 31.7 Å². The lowest BCUT2D eigenvalue weighted by atomic mass is 9.75. The van der Waals surface area contributed by atoms with Gasteiger partial charge in [-0.05, 0) is 36.1 Å². The zero-order chi connectivity index (χ0) is 19.3. The zero-order valence-electron chi connectivity index (χ0n) is 15.4. The second-order valence-electron chi connectivity index (χ2n) is 6.93. The number of aliphatic hydroxyl groups is 1. The Hall–Kier alpha value is -2.35. The van der Waals surface area contributed by atoms with Gasteiger partial charge in [0, 0.05) is 37.1 Å². The molecule has 0 fully saturated rings. The molecular weight excluding hydrogens is 350 g/mol. The molecule has 142 valence electrons. The molecule has 1 unspecified atom stereocenters. The Morgan fingerprint density at radius 1 is 1.37 bits per heavy atom. The van der Waals surface area contributed by atoms with Crippen LogP contribution in [0.4, 0.5) is 0 Å². The molecule has 1 aromatic rings. The van der Waals surface area contributed by atoms with Crippen LogP contribution in [0.2, 0.25) is 0 Å². The molecule has 1 N–H and O–H groups in total. The van der Waals surface area contributed by atoms with Gasteiger partial charge in [0.05, 0.1) is 11.6 Å². The Balaban J connectivity index is 1.87. The smallest absolute Gasteiger partial charge is 0.343 e. The first-order valence-corrected chi connectivity index (χ1v) is 8.89. The summed E-state index contributed by atoms with van der Waals surface area (Å²) in [7, 11) is 3.11. The van der Waals surface area contributed by atoms with Crippen molar-refractivity contribution in [1.29, 1.82) is 0 Å². The Morgan fingerprint density at radius 2 is 2.11 bits per heavy atom. The van der Waals surface area contributed by atoms with E-state index in [1.165, 1.54) is 0 Å². The highest BCUT2D eigenvalue weighted by Crippen LogP contribution is 2.47. The molecule has 0 amide bonds. The Morgan fingerprint density at radius 3 is 2.78 bits per heavy atom. The number of allylic oxidation sites excluding steroid dienone is 1. The highest BCUT2D eigenvalue weighted by atomic mass is 16.7. The van der Waals surface area contributed by atoms with Crippen LogP contribution in [0, 0.1) is 5.92 Å². The minimum atomic E-state index is -1.80. The van der Waals surface area contributed by atoms with Crippen molar-refractivity contribution in [3.63, 3.8) is 0 Å². The van der Waals surface area contributed by atoms with Crippen molar-refractivity contribution < 1.29 is 28.9 Å². The number of cyclic esters (lactones) is 1. The van der Waals surface area contributed by atoms with E-state index in [2.05, 4.69) is 4.98 Å². The lowest BCUT2D eigenvalue weighted by Crippen LogP contribution is -2.48. The highest BCUT2D eigenvalue weighted by molar-refractivity contribution is 6.12. The van der Waals surface area contributed by atoms with Gasteiger partial charge < -0.3 is 19.3 Å². The van der Waals surface area contributed by atoms with Crippen molar-refractivity contribution >= 4 is 17.3 Å². The Bertz CT molecular complexity index is 898. The van der Waals surface area contributed by atoms with Gasteiger partial charge in [-0.1, -0.05) is 6.92 Å². The van der Waals surface area contributed by atoms with E-state index in [4.69, 9.17) is 14.2 Å². The first kappa shape index (κ1) is 18.0. The highest BCUT2D eigenvalue weighted by Gasteiger charge is 2.50. The van der Waals surface area contributed by atoms with E-state index in [1.807, 2.05) is 6.07 Å². The molecule has 2 atom stereocenters. The molecule has 3 aliphatic rings. The fourth-order valence-corrected chi connectivity index (χ4v) is 4.23. The van der Waals surface area contributed by atoms with E-state index in [-0.39, 0.29) is 18.8 Å². The monoisotopic (exact) mass is 371 g/mol. The molecule has 2 heterocycles. The number of methoxy groups -OCH3 is 2. The van der Waals surface area contributed by atoms with Crippen molar-refractivity contribution in [3.8, 4) is 0 Å². The third kappa shape index (κ3) is 2.42. The van der Waals surface area contributed by atoms with Gasteiger partial charge >= 0.3 is 5.97 Å². The Labute approximate surface area is 156 Å². The third-order valence-electron chi connectivity index (χ3n) is 5.71. The third-order valence-corrected chi connectivity index (χ3v) is 5.71. The van der Waals surface area contributed by atoms with Gasteiger partial charge in [0.25, 0.3) is 0 Å². The molecule has 0 spiro atoms. The number of fused-ring (bicyclic) bond motifs is 3. The molecule has 1 aliphatic heterocycles. The van der Waals surface area contributed by atoms with E-state index in [0.29, 0.717) is 23.3 Å². The molecule has 0 radical (unpaired) electrons. The van der Waals surface area contributed by atoms with Gasteiger partial charge in [-0.2, -0.15) is 0 Å². The number of hydrogen-bond acceptors (Lipinski definition) is 7. The Kier molecular flexibility index (Phi) is 4.25. The maximum Gasteiger partial charge on any atom is 0.343 e. The maximum atomic E-state index is 13.1. The molecule has 4 rings (SSSR count). The maximum absolute atomic E-state index is 13.1. The number of pyridine rings is 1. The molecule has 0 aromatic carbocycles. The van der Waals surface area contributed by atoms with Crippen molar-refractivity contribution in [2.75, 3.05) is 20.8 Å². The number of esters is 1. The van der Waals surface area contributed by atoms with Gasteiger partial charge in [0.1, 0.15) is 6.61 Å². The summed E-state index contributed by atoms with van der Waals surface area (Å²) in [6.07, 6.45) is 3.45. The van der Waals surface area contributed by atoms with Crippen LogP contribution in [0.25, 0.3) is 5.57 Å². The van der Waals surface area contributed by atoms with Gasteiger partial charge in [-0.15, -0.1) is 0 Å². The lowest BCUT2D eigenvalue weighted by molar-refractivity contribution is -0.163. The first-order valence-electron chi connectivity index (χ1n) is 8.89. The number of hydrogen-bond donors (Lipinski definition) is 1. The van der Waals surface area contributed by atoms with Crippen LogP contribution >= 0.6 is 0 Å². The number of ether oxygens (including phenoxy) is 3. The average Bonchev–Trinajstić information content (AvgIpc) is 3.06. The summed E-state index contributed by atoms with van der Waals surface area (Å²) in [5.41, 5.74) is 2.04. The summed E-state index contributed by atoms with van der Waals surface area (Å²) in [4.78, 5) is 29.8. The number of aromatic nitrogens is 1. The first-order chi connectivity index (χ1) is 13.0. The number of ketones is 1. The van der Waals surface area contributed by atoms with Crippen LogP contribution in [0.5, 0.6) is 0 Å². The predicted molar refractivity (Wildman–Crippen MR) is 94.4 cm³/mol. The second kappa shape index (κ2) is 6.37. The molecule has 2 aliphatic carbocycles. The SMILES string of the molecule is CC[C@@]1(O)C(=O)OCC2=C1C=C1c3nccc(C(OC)OC)c3CC1C2=O. The van der Waals surface area contributed by atoms with Crippen LogP contribution in [0.3, 0.4) is 0 Å². The summed E-state index contributed by atoms with van der Waals surface area (Å²) in [5, 5.41) is 10.9. The van der Waals surface area contributed by atoms with Gasteiger partial charge in [-0.3, -0.25) is 9.78 Å². The summed E-state index contributed by atoms with van der Waals surface area (Å²) >= 11 is 0. The summed E-state index contributed by atoms with van der Waals surface area (Å²) in [6, 6.07) is 1.82. The topological polar surface area (TPSA) is 95.0 Å². The van der Waals surface area contributed by atoms with Crippen LogP contribution in [-0.4, -0.2) is 48.3 Å². The standard InChI is InChI=1S/C20H21NO6/c1-4-20(24)15-8-12-13(17(22)14(15)9-27-19(20)23)7-11-10(18(25-2)26-3)5-6-21-16(11)12/h5-6,8,13,18,24H,4,7,9H2,1-3H3/t13?,20-/m0/s1. The molecule has 0 saturated carbocycles. The summed E-state index contributed by atoms with van der Waals surface area (Å²) < 4.78 is 15.9. The van der Waals surface area contributed by atoms with E-state index < -0.39 is 23.8 Å². The number of carbonyl (C=O) groups excluding carboxylic acids is 2. The minimum absolute atomic E-state index is 0.106. The van der Waals surface area contributed by atoms with Crippen LogP contribution < -0.4 is 0 Å². The molecule has 0 bridgehead atoms. The lowest BCUT2D eigenvalue weighted by Gasteiger charge is -2.35. The number of Topliss-reactive ketones (excluding diaryl/α,β-unsaturated/α-hetero) is 1. The zero-order valence-corrected chi connectivity index (χ0v) is 15.4. The van der Waals surface area contributed by atoms with E-state index in [9.17, 15) is 14.7 Å². The summed E-state index contributed by atoms with van der Waals surface area (Å²) in [5.74, 6) is -1.25. The largest absolute Gasteiger partial charge is 0.458 e. The number of carbonyl (C=O) groups is 2. The van der Waals surface area contributed by atoms with Gasteiger partial charge in [-0.25, -0.2) is 4.79 Å². The van der Waals surface area contributed by atoms with Gasteiger partial charge in [0.2, 0.25) is 0 Å². The fraction of sp³-hybridized carbons (Fsp3) is 0.450.